The molecule has 2 rings (SSSR count). The molecule has 0 atom stereocenters. The SMILES string of the molecule is CCOC(=O)c1nnc(SCc2cc(Cl)ccn2)o1. The van der Waals surface area contributed by atoms with E-state index in [1.807, 2.05) is 0 Å². The fraction of sp³-hybridized carbons (Fsp3) is 0.273. The van der Waals surface area contributed by atoms with Crippen molar-refractivity contribution in [3.05, 3.63) is 34.9 Å². The minimum absolute atomic E-state index is 0.150. The summed E-state index contributed by atoms with van der Waals surface area (Å²) in [4.78, 5) is 15.5. The van der Waals surface area contributed by atoms with Gasteiger partial charge in [0.1, 0.15) is 0 Å². The van der Waals surface area contributed by atoms with Gasteiger partial charge in [-0.1, -0.05) is 28.5 Å². The first-order valence-electron chi connectivity index (χ1n) is 5.43. The molecule has 8 heteroatoms. The minimum Gasteiger partial charge on any atom is -0.459 e. The highest BCUT2D eigenvalue weighted by Gasteiger charge is 2.16. The molecule has 6 nitrogen and oxygen atoms in total. The molecule has 2 aromatic rings. The molecule has 0 fully saturated rings. The highest BCUT2D eigenvalue weighted by atomic mass is 35.5. The Bertz CT molecular complexity index is 576. The molecule has 0 saturated heterocycles. The summed E-state index contributed by atoms with van der Waals surface area (Å²) in [6.07, 6.45) is 1.62. The number of hydrogen-bond donors (Lipinski definition) is 0. The Kier molecular flexibility index (Phi) is 4.75. The maximum atomic E-state index is 11.3. The zero-order chi connectivity index (χ0) is 13.7. The van der Waals surface area contributed by atoms with E-state index < -0.39 is 5.97 Å². The van der Waals surface area contributed by atoms with Gasteiger partial charge in [-0.15, -0.1) is 5.10 Å². The third-order valence-corrected chi connectivity index (χ3v) is 3.07. The van der Waals surface area contributed by atoms with E-state index >= 15 is 0 Å². The lowest BCUT2D eigenvalue weighted by atomic mass is 10.4. The number of thioether (sulfide) groups is 1. The normalized spacial score (nSPS) is 10.4. The molecule has 0 unspecified atom stereocenters. The Labute approximate surface area is 118 Å². The van der Waals surface area contributed by atoms with Gasteiger partial charge in [0.25, 0.3) is 5.22 Å². The van der Waals surface area contributed by atoms with Gasteiger partial charge < -0.3 is 9.15 Å². The number of esters is 1. The molecule has 2 aromatic heterocycles. The molecule has 19 heavy (non-hydrogen) atoms. The summed E-state index contributed by atoms with van der Waals surface area (Å²) in [5, 5.41) is 8.24. The number of aromatic nitrogens is 3. The lowest BCUT2D eigenvalue weighted by Crippen LogP contribution is -2.04. The van der Waals surface area contributed by atoms with E-state index in [1.54, 1.807) is 25.3 Å². The van der Waals surface area contributed by atoms with E-state index in [1.165, 1.54) is 11.8 Å². The van der Waals surface area contributed by atoms with Crippen molar-refractivity contribution >= 4 is 29.3 Å². The summed E-state index contributed by atoms with van der Waals surface area (Å²) in [7, 11) is 0. The van der Waals surface area contributed by atoms with Crippen LogP contribution in [0.4, 0.5) is 0 Å². The maximum absolute atomic E-state index is 11.3. The van der Waals surface area contributed by atoms with Crippen LogP contribution in [0.3, 0.4) is 0 Å². The quantitative estimate of drug-likeness (QED) is 0.620. The number of carbonyl (C=O) groups is 1. The predicted octanol–water partition coefficient (Wildman–Crippen LogP) is 2.59. The first-order valence-corrected chi connectivity index (χ1v) is 6.79. The number of carbonyl (C=O) groups excluding carboxylic acids is 1. The Balaban J connectivity index is 1.95. The molecule has 0 aromatic carbocycles. The van der Waals surface area contributed by atoms with Gasteiger partial charge >= 0.3 is 11.9 Å². The van der Waals surface area contributed by atoms with Crippen molar-refractivity contribution in [2.45, 2.75) is 17.9 Å². The Hall–Kier alpha value is -1.60. The molecule has 0 saturated carbocycles. The minimum atomic E-state index is -0.622. The van der Waals surface area contributed by atoms with Crippen LogP contribution in [-0.2, 0) is 10.5 Å². The van der Waals surface area contributed by atoms with Crippen molar-refractivity contribution < 1.29 is 13.9 Å². The number of hydrogen-bond acceptors (Lipinski definition) is 7. The fourth-order valence-corrected chi connectivity index (χ4v) is 2.05. The molecule has 2 heterocycles. The zero-order valence-corrected chi connectivity index (χ0v) is 11.6. The summed E-state index contributed by atoms with van der Waals surface area (Å²) < 4.78 is 9.90. The monoisotopic (exact) mass is 299 g/mol. The van der Waals surface area contributed by atoms with Crippen molar-refractivity contribution in [1.29, 1.82) is 0 Å². The average Bonchev–Trinajstić information content (AvgIpc) is 2.86. The van der Waals surface area contributed by atoms with E-state index in [4.69, 9.17) is 20.8 Å². The van der Waals surface area contributed by atoms with E-state index in [2.05, 4.69) is 15.2 Å². The molecule has 0 radical (unpaired) electrons. The van der Waals surface area contributed by atoms with Crippen LogP contribution in [-0.4, -0.2) is 27.8 Å². The third kappa shape index (κ3) is 3.93. The molecule has 0 amide bonds. The topological polar surface area (TPSA) is 78.1 Å². The average molecular weight is 300 g/mol. The van der Waals surface area contributed by atoms with Crippen LogP contribution in [0.5, 0.6) is 0 Å². The van der Waals surface area contributed by atoms with Gasteiger partial charge in [0, 0.05) is 17.0 Å². The molecule has 0 aliphatic rings. The summed E-state index contributed by atoms with van der Waals surface area (Å²) in [5.74, 6) is -0.253. The summed E-state index contributed by atoms with van der Waals surface area (Å²) in [6.45, 7) is 1.96. The van der Waals surface area contributed by atoms with Crippen LogP contribution in [0.15, 0.2) is 28.0 Å². The highest BCUT2D eigenvalue weighted by Crippen LogP contribution is 2.21. The molecular formula is C11H10ClN3O3S. The van der Waals surface area contributed by atoms with E-state index in [0.29, 0.717) is 10.8 Å². The van der Waals surface area contributed by atoms with E-state index in [0.717, 1.165) is 5.69 Å². The van der Waals surface area contributed by atoms with Crippen LogP contribution < -0.4 is 0 Å². The lowest BCUT2D eigenvalue weighted by molar-refractivity contribution is 0.0475. The molecule has 0 aliphatic heterocycles. The predicted molar refractivity (Wildman–Crippen MR) is 69.1 cm³/mol. The second kappa shape index (κ2) is 6.53. The van der Waals surface area contributed by atoms with Crippen molar-refractivity contribution in [2.24, 2.45) is 0 Å². The van der Waals surface area contributed by atoms with Crippen LogP contribution in [0, 0.1) is 0 Å². The first kappa shape index (κ1) is 13.8. The highest BCUT2D eigenvalue weighted by molar-refractivity contribution is 7.98. The maximum Gasteiger partial charge on any atom is 0.396 e. The van der Waals surface area contributed by atoms with Gasteiger partial charge in [-0.25, -0.2) is 4.79 Å². The smallest absolute Gasteiger partial charge is 0.396 e. The van der Waals surface area contributed by atoms with Crippen LogP contribution in [0.1, 0.15) is 23.3 Å². The van der Waals surface area contributed by atoms with Gasteiger partial charge in [0.2, 0.25) is 0 Å². The Morgan fingerprint density at radius 2 is 2.37 bits per heavy atom. The van der Waals surface area contributed by atoms with Crippen molar-refractivity contribution in [2.75, 3.05) is 6.61 Å². The summed E-state index contributed by atoms with van der Waals surface area (Å²) in [5.41, 5.74) is 0.786. The number of nitrogens with zero attached hydrogens (tertiary/aromatic N) is 3. The van der Waals surface area contributed by atoms with E-state index in [-0.39, 0.29) is 17.7 Å². The molecule has 0 spiro atoms. The van der Waals surface area contributed by atoms with Crippen LogP contribution in [0.25, 0.3) is 0 Å². The molecule has 0 N–H and O–H groups in total. The first-order chi connectivity index (χ1) is 9.19. The van der Waals surface area contributed by atoms with Gasteiger partial charge in [-0.05, 0) is 19.1 Å². The second-order valence-electron chi connectivity index (χ2n) is 3.35. The zero-order valence-electron chi connectivity index (χ0n) is 10.00. The number of rotatable bonds is 5. The summed E-state index contributed by atoms with van der Waals surface area (Å²) in [6, 6.07) is 3.44. The molecule has 0 bridgehead atoms. The molecular weight excluding hydrogens is 290 g/mol. The second-order valence-corrected chi connectivity index (χ2v) is 4.71. The fourth-order valence-electron chi connectivity index (χ4n) is 1.21. The molecule has 100 valence electrons. The Morgan fingerprint density at radius 3 is 3.11 bits per heavy atom. The van der Waals surface area contributed by atoms with Crippen molar-refractivity contribution in [3.63, 3.8) is 0 Å². The summed E-state index contributed by atoms with van der Waals surface area (Å²) >= 11 is 7.11. The molecule has 0 aliphatic carbocycles. The van der Waals surface area contributed by atoms with Crippen LogP contribution in [0.2, 0.25) is 5.02 Å². The lowest BCUT2D eigenvalue weighted by Gasteiger charge is -1.97. The largest absolute Gasteiger partial charge is 0.459 e. The number of ether oxygens (including phenoxy) is 1. The van der Waals surface area contributed by atoms with E-state index in [9.17, 15) is 4.79 Å². The third-order valence-electron chi connectivity index (χ3n) is 1.98. The standard InChI is InChI=1S/C11H10ClN3O3S/c1-2-17-10(16)9-14-15-11(18-9)19-6-8-5-7(12)3-4-13-8/h3-5H,2,6H2,1H3. The van der Waals surface area contributed by atoms with Crippen LogP contribution >= 0.6 is 23.4 Å². The van der Waals surface area contributed by atoms with Gasteiger partial charge in [-0.3, -0.25) is 4.98 Å². The van der Waals surface area contributed by atoms with Crippen molar-refractivity contribution in [1.82, 2.24) is 15.2 Å². The van der Waals surface area contributed by atoms with Gasteiger partial charge in [0.05, 0.1) is 12.3 Å². The van der Waals surface area contributed by atoms with Gasteiger partial charge in [0.15, 0.2) is 0 Å². The Morgan fingerprint density at radius 1 is 1.53 bits per heavy atom. The number of halogens is 1. The van der Waals surface area contributed by atoms with Gasteiger partial charge in [-0.2, -0.15) is 0 Å². The van der Waals surface area contributed by atoms with Crippen molar-refractivity contribution in [3.8, 4) is 0 Å². The number of pyridine rings is 1.